The molecule has 0 saturated heterocycles. The summed E-state index contributed by atoms with van der Waals surface area (Å²) >= 11 is 0. The van der Waals surface area contributed by atoms with Gasteiger partial charge < -0.3 is 14.6 Å². The van der Waals surface area contributed by atoms with Crippen LogP contribution in [0.25, 0.3) is 0 Å². The molecule has 0 amide bonds. The minimum atomic E-state index is -1.00. The molecule has 0 heterocycles. The Morgan fingerprint density at radius 2 is 1.96 bits per heavy atom. The number of carbonyl (C=O) groups is 1. The number of methoxy groups -OCH3 is 1. The van der Waals surface area contributed by atoms with Crippen LogP contribution in [0.1, 0.15) is 41.6 Å². The normalized spacial score (nSPS) is 14.5. The molecule has 0 atom stereocenters. The molecule has 6 nitrogen and oxygen atoms in total. The van der Waals surface area contributed by atoms with Gasteiger partial charge in [0.05, 0.1) is 30.7 Å². The van der Waals surface area contributed by atoms with Gasteiger partial charge in [0, 0.05) is 0 Å². The number of rotatable bonds is 7. The van der Waals surface area contributed by atoms with Crippen molar-refractivity contribution in [3.05, 3.63) is 53.6 Å². The maximum absolute atomic E-state index is 11.2. The van der Waals surface area contributed by atoms with E-state index in [1.165, 1.54) is 18.9 Å². The molecule has 1 aliphatic rings. The molecule has 0 radical (unpaired) electrons. The molecule has 0 aromatic heterocycles. The monoisotopic (exact) mass is 354 g/mol. The lowest BCUT2D eigenvalue weighted by atomic mass is 10.2. The third-order valence-electron chi connectivity index (χ3n) is 4.34. The van der Waals surface area contributed by atoms with Gasteiger partial charge in [-0.05, 0) is 61.6 Å². The minimum absolute atomic E-state index is 0.171. The average Bonchev–Trinajstić information content (AvgIpc) is 3.15. The average molecular weight is 354 g/mol. The number of carboxylic acid groups (broad SMARTS) is 1. The van der Waals surface area contributed by atoms with E-state index < -0.39 is 5.97 Å². The van der Waals surface area contributed by atoms with E-state index in [0.29, 0.717) is 17.2 Å². The van der Waals surface area contributed by atoms with Gasteiger partial charge in [0.1, 0.15) is 0 Å². The van der Waals surface area contributed by atoms with Crippen molar-refractivity contribution in [2.24, 2.45) is 5.10 Å². The number of para-hydroxylation sites is 1. The number of ether oxygens (including phenoxy) is 2. The van der Waals surface area contributed by atoms with Crippen LogP contribution < -0.4 is 14.9 Å². The van der Waals surface area contributed by atoms with Gasteiger partial charge in [-0.2, -0.15) is 5.10 Å². The number of aromatic carboxylic acids is 1. The smallest absolute Gasteiger partial charge is 0.337 e. The van der Waals surface area contributed by atoms with Gasteiger partial charge in [-0.25, -0.2) is 4.79 Å². The predicted octanol–water partition coefficient (Wildman–Crippen LogP) is 4.16. The number of anilines is 1. The zero-order valence-corrected chi connectivity index (χ0v) is 14.6. The molecule has 136 valence electrons. The number of hydrogen-bond donors (Lipinski definition) is 2. The van der Waals surface area contributed by atoms with E-state index in [2.05, 4.69) is 10.5 Å². The van der Waals surface area contributed by atoms with Crippen molar-refractivity contribution in [1.29, 1.82) is 0 Å². The van der Waals surface area contributed by atoms with Gasteiger partial charge in [0.15, 0.2) is 11.5 Å². The molecular formula is C20H22N2O4. The third kappa shape index (κ3) is 4.33. The molecule has 0 bridgehead atoms. The summed E-state index contributed by atoms with van der Waals surface area (Å²) in [6, 6.07) is 12.2. The van der Waals surface area contributed by atoms with Gasteiger partial charge in [-0.1, -0.05) is 12.1 Å². The zero-order chi connectivity index (χ0) is 18.4. The fourth-order valence-electron chi connectivity index (χ4n) is 2.99. The first-order valence-electron chi connectivity index (χ1n) is 8.63. The first-order valence-corrected chi connectivity index (χ1v) is 8.63. The van der Waals surface area contributed by atoms with Crippen LogP contribution in [-0.2, 0) is 0 Å². The molecule has 2 aromatic rings. The Labute approximate surface area is 152 Å². The van der Waals surface area contributed by atoms with Crippen LogP contribution >= 0.6 is 0 Å². The Kier molecular flexibility index (Phi) is 5.73. The summed E-state index contributed by atoms with van der Waals surface area (Å²) in [7, 11) is 1.62. The van der Waals surface area contributed by atoms with Crippen LogP contribution in [0.2, 0.25) is 0 Å². The Hall–Kier alpha value is -3.02. The quantitative estimate of drug-likeness (QED) is 0.576. The minimum Gasteiger partial charge on any atom is -0.493 e. The molecule has 2 N–H and O–H groups in total. The van der Waals surface area contributed by atoms with Crippen LogP contribution in [0, 0.1) is 0 Å². The summed E-state index contributed by atoms with van der Waals surface area (Å²) in [5.41, 5.74) is 4.22. The summed E-state index contributed by atoms with van der Waals surface area (Å²) in [5.74, 6) is 0.396. The highest BCUT2D eigenvalue weighted by Gasteiger charge is 2.18. The van der Waals surface area contributed by atoms with Crippen molar-refractivity contribution in [3.63, 3.8) is 0 Å². The van der Waals surface area contributed by atoms with E-state index in [1.807, 2.05) is 18.2 Å². The van der Waals surface area contributed by atoms with Gasteiger partial charge in [0.25, 0.3) is 0 Å². The van der Waals surface area contributed by atoms with Crippen molar-refractivity contribution in [2.45, 2.75) is 31.8 Å². The highest BCUT2D eigenvalue weighted by Crippen LogP contribution is 2.32. The number of nitrogens with zero attached hydrogens (tertiary/aromatic N) is 1. The zero-order valence-electron chi connectivity index (χ0n) is 14.6. The van der Waals surface area contributed by atoms with Crippen LogP contribution in [0.5, 0.6) is 11.5 Å². The van der Waals surface area contributed by atoms with Gasteiger partial charge in [0.2, 0.25) is 0 Å². The number of benzene rings is 2. The molecule has 3 rings (SSSR count). The second kappa shape index (κ2) is 8.38. The van der Waals surface area contributed by atoms with Crippen LogP contribution in [0.15, 0.2) is 47.6 Å². The molecule has 26 heavy (non-hydrogen) atoms. The Balaban J connectivity index is 1.73. The fraction of sp³-hybridized carbons (Fsp3) is 0.300. The molecule has 1 saturated carbocycles. The maximum Gasteiger partial charge on any atom is 0.337 e. The third-order valence-corrected chi connectivity index (χ3v) is 4.34. The standard InChI is InChI=1S/C20H22N2O4/c1-25-18-11-10-14(12-19(18)26-15-6-2-3-7-15)13-21-22-17-9-5-4-8-16(17)20(23)24/h4-5,8-13,15,22H,2-3,6-7H2,1H3,(H,23,24). The van der Waals surface area contributed by atoms with Crippen molar-refractivity contribution >= 4 is 17.9 Å². The first kappa shape index (κ1) is 17.8. The van der Waals surface area contributed by atoms with Crippen molar-refractivity contribution in [3.8, 4) is 11.5 Å². The van der Waals surface area contributed by atoms with Crippen LogP contribution in [0.4, 0.5) is 5.69 Å². The van der Waals surface area contributed by atoms with Crippen molar-refractivity contribution in [2.75, 3.05) is 12.5 Å². The van der Waals surface area contributed by atoms with E-state index in [9.17, 15) is 9.90 Å². The Morgan fingerprint density at radius 1 is 1.19 bits per heavy atom. The second-order valence-electron chi connectivity index (χ2n) is 6.16. The maximum atomic E-state index is 11.2. The first-order chi connectivity index (χ1) is 12.7. The van der Waals surface area contributed by atoms with Crippen molar-refractivity contribution < 1.29 is 19.4 Å². The summed E-state index contributed by atoms with van der Waals surface area (Å²) in [4.78, 5) is 11.2. The van der Waals surface area contributed by atoms with Crippen LogP contribution in [0.3, 0.4) is 0 Å². The Bertz CT molecular complexity index is 798. The van der Waals surface area contributed by atoms with E-state index in [1.54, 1.807) is 31.5 Å². The largest absolute Gasteiger partial charge is 0.493 e. The fourth-order valence-corrected chi connectivity index (χ4v) is 2.99. The topological polar surface area (TPSA) is 80.2 Å². The summed E-state index contributed by atoms with van der Waals surface area (Å²) in [6.07, 6.45) is 6.38. The Morgan fingerprint density at radius 3 is 2.69 bits per heavy atom. The lowest BCUT2D eigenvalue weighted by Gasteiger charge is -2.16. The molecular weight excluding hydrogens is 332 g/mol. The molecule has 0 spiro atoms. The van der Waals surface area contributed by atoms with E-state index >= 15 is 0 Å². The summed E-state index contributed by atoms with van der Waals surface area (Å²) in [5, 5.41) is 13.3. The van der Waals surface area contributed by atoms with Crippen molar-refractivity contribution in [1.82, 2.24) is 0 Å². The molecule has 0 aliphatic heterocycles. The van der Waals surface area contributed by atoms with Gasteiger partial charge in [-0.15, -0.1) is 0 Å². The number of hydrazone groups is 1. The number of hydrogen-bond acceptors (Lipinski definition) is 5. The highest BCUT2D eigenvalue weighted by molar-refractivity contribution is 5.94. The van der Waals surface area contributed by atoms with E-state index in [4.69, 9.17) is 9.47 Å². The molecule has 1 aliphatic carbocycles. The van der Waals surface area contributed by atoms with E-state index in [-0.39, 0.29) is 11.7 Å². The highest BCUT2D eigenvalue weighted by atomic mass is 16.5. The predicted molar refractivity (Wildman–Crippen MR) is 100 cm³/mol. The van der Waals surface area contributed by atoms with Gasteiger partial charge in [-0.3, -0.25) is 5.43 Å². The second-order valence-corrected chi connectivity index (χ2v) is 6.16. The lowest BCUT2D eigenvalue weighted by molar-refractivity contribution is 0.0698. The number of carboxylic acids is 1. The molecule has 1 fully saturated rings. The number of nitrogens with one attached hydrogen (secondary N) is 1. The SMILES string of the molecule is COc1ccc(C=NNc2ccccc2C(=O)O)cc1OC1CCCC1. The van der Waals surface area contributed by atoms with E-state index in [0.717, 1.165) is 18.4 Å². The summed E-state index contributed by atoms with van der Waals surface area (Å²) in [6.45, 7) is 0. The van der Waals surface area contributed by atoms with Gasteiger partial charge >= 0.3 is 5.97 Å². The lowest BCUT2D eigenvalue weighted by Crippen LogP contribution is -2.11. The van der Waals surface area contributed by atoms with Crippen LogP contribution in [-0.4, -0.2) is 30.5 Å². The molecule has 0 unspecified atom stereocenters. The molecule has 6 heteroatoms. The molecule has 2 aromatic carbocycles. The summed E-state index contributed by atoms with van der Waals surface area (Å²) < 4.78 is 11.4.